The molecule has 0 heterocycles. The molecule has 0 saturated carbocycles. The van der Waals surface area contributed by atoms with Gasteiger partial charge in [0, 0.05) is 6.04 Å². The normalized spacial score (nSPS) is 13.0. The predicted molar refractivity (Wildman–Crippen MR) is 105 cm³/mol. The van der Waals surface area contributed by atoms with Gasteiger partial charge in [-0.3, -0.25) is 0 Å². The second-order valence-electron chi connectivity index (χ2n) is 6.82. The molecule has 0 bridgehead atoms. The van der Waals surface area contributed by atoms with Gasteiger partial charge >= 0.3 is 0 Å². The zero-order chi connectivity index (χ0) is 18.4. The lowest BCUT2D eigenvalue weighted by Crippen LogP contribution is -2.38. The molecule has 1 rings (SSSR count). The van der Waals surface area contributed by atoms with Crippen molar-refractivity contribution in [1.82, 2.24) is 4.72 Å². The maximum Gasteiger partial charge on any atom is 0.211 e. The maximum absolute atomic E-state index is 12.1. The van der Waals surface area contributed by atoms with Crippen LogP contribution < -0.4 is 4.72 Å². The van der Waals surface area contributed by atoms with Crippen molar-refractivity contribution in [1.29, 1.82) is 0 Å². The standard InChI is InChI=1S/C20H35NO3S/c1-2-3-4-11-16-20(18-22)21-25(23,24)17-12-6-5-8-13-19-14-9-7-10-15-19/h7,9-10,14-15,20-22H,2-6,8,11-13,16-18H2,1H3. The van der Waals surface area contributed by atoms with Crippen LogP contribution in [0.2, 0.25) is 0 Å². The number of hydrogen-bond acceptors (Lipinski definition) is 3. The van der Waals surface area contributed by atoms with E-state index >= 15 is 0 Å². The summed E-state index contributed by atoms with van der Waals surface area (Å²) in [4.78, 5) is 0. The van der Waals surface area contributed by atoms with Crippen LogP contribution in [0.4, 0.5) is 0 Å². The first-order valence-corrected chi connectivity index (χ1v) is 11.4. The minimum Gasteiger partial charge on any atom is -0.395 e. The average Bonchev–Trinajstić information content (AvgIpc) is 2.61. The van der Waals surface area contributed by atoms with E-state index in [1.807, 2.05) is 18.2 Å². The number of unbranched alkanes of at least 4 members (excludes halogenated alkanes) is 6. The van der Waals surface area contributed by atoms with Gasteiger partial charge in [-0.25, -0.2) is 13.1 Å². The molecule has 0 radical (unpaired) electrons. The van der Waals surface area contributed by atoms with Gasteiger partial charge in [-0.2, -0.15) is 0 Å². The Morgan fingerprint density at radius 1 is 0.960 bits per heavy atom. The minimum atomic E-state index is -3.28. The molecule has 5 heteroatoms. The highest BCUT2D eigenvalue weighted by Gasteiger charge is 2.16. The average molecular weight is 370 g/mol. The molecule has 1 unspecified atom stereocenters. The SMILES string of the molecule is CCCCCCC(CO)NS(=O)(=O)CCCCCCc1ccccc1. The van der Waals surface area contributed by atoms with Gasteiger partial charge in [0.1, 0.15) is 0 Å². The zero-order valence-electron chi connectivity index (χ0n) is 15.6. The number of sulfonamides is 1. The summed E-state index contributed by atoms with van der Waals surface area (Å²) in [6.07, 6.45) is 9.87. The van der Waals surface area contributed by atoms with Crippen LogP contribution in [0.3, 0.4) is 0 Å². The Kier molecular flexibility index (Phi) is 11.8. The Bertz CT molecular complexity index is 531. The molecular formula is C20H35NO3S. The van der Waals surface area contributed by atoms with Crippen molar-refractivity contribution in [3.05, 3.63) is 35.9 Å². The summed E-state index contributed by atoms with van der Waals surface area (Å²) in [6, 6.07) is 10.0. The first-order chi connectivity index (χ1) is 12.1. The molecule has 2 N–H and O–H groups in total. The lowest BCUT2D eigenvalue weighted by molar-refractivity contribution is 0.247. The fourth-order valence-corrected chi connectivity index (χ4v) is 4.34. The van der Waals surface area contributed by atoms with Crippen LogP contribution in [-0.2, 0) is 16.4 Å². The number of rotatable bonds is 15. The Hall–Kier alpha value is -0.910. The fourth-order valence-electron chi connectivity index (χ4n) is 2.94. The van der Waals surface area contributed by atoms with E-state index in [-0.39, 0.29) is 18.4 Å². The van der Waals surface area contributed by atoms with Gasteiger partial charge in [0.15, 0.2) is 0 Å². The van der Waals surface area contributed by atoms with Gasteiger partial charge in [-0.1, -0.05) is 75.8 Å². The topological polar surface area (TPSA) is 66.4 Å². The molecular weight excluding hydrogens is 334 g/mol. The molecule has 0 saturated heterocycles. The molecule has 0 amide bonds. The Morgan fingerprint density at radius 3 is 2.32 bits per heavy atom. The molecule has 0 aliphatic heterocycles. The summed E-state index contributed by atoms with van der Waals surface area (Å²) in [6.45, 7) is 2.02. The molecule has 0 aromatic heterocycles. The predicted octanol–water partition coefficient (Wildman–Crippen LogP) is 4.04. The van der Waals surface area contributed by atoms with Gasteiger partial charge in [-0.15, -0.1) is 0 Å². The van der Waals surface area contributed by atoms with Gasteiger partial charge in [-0.05, 0) is 31.2 Å². The third-order valence-electron chi connectivity index (χ3n) is 4.44. The summed E-state index contributed by atoms with van der Waals surface area (Å²) in [5.74, 6) is 0.157. The molecule has 0 fully saturated rings. The van der Waals surface area contributed by atoms with Gasteiger partial charge < -0.3 is 5.11 Å². The highest BCUT2D eigenvalue weighted by molar-refractivity contribution is 7.89. The smallest absolute Gasteiger partial charge is 0.211 e. The van der Waals surface area contributed by atoms with Crippen LogP contribution in [0.15, 0.2) is 30.3 Å². The molecule has 144 valence electrons. The lowest BCUT2D eigenvalue weighted by Gasteiger charge is -2.16. The monoisotopic (exact) mass is 369 g/mol. The maximum atomic E-state index is 12.1. The third-order valence-corrected chi connectivity index (χ3v) is 5.96. The van der Waals surface area contributed by atoms with Crippen LogP contribution in [0.25, 0.3) is 0 Å². The molecule has 1 aromatic rings. The molecule has 1 aromatic carbocycles. The number of nitrogens with one attached hydrogen (secondary N) is 1. The summed E-state index contributed by atoms with van der Waals surface area (Å²) in [5.41, 5.74) is 1.34. The van der Waals surface area contributed by atoms with E-state index < -0.39 is 10.0 Å². The second-order valence-corrected chi connectivity index (χ2v) is 8.69. The van der Waals surface area contributed by atoms with Crippen LogP contribution in [0, 0.1) is 0 Å². The lowest BCUT2D eigenvalue weighted by atomic mass is 10.1. The molecule has 0 aliphatic rings. The fraction of sp³-hybridized carbons (Fsp3) is 0.700. The van der Waals surface area contributed by atoms with Crippen LogP contribution in [0.5, 0.6) is 0 Å². The highest BCUT2D eigenvalue weighted by atomic mass is 32.2. The highest BCUT2D eigenvalue weighted by Crippen LogP contribution is 2.10. The first-order valence-electron chi connectivity index (χ1n) is 9.72. The summed E-state index contributed by atoms with van der Waals surface area (Å²) in [7, 11) is -3.28. The summed E-state index contributed by atoms with van der Waals surface area (Å²) >= 11 is 0. The van der Waals surface area contributed by atoms with Crippen LogP contribution >= 0.6 is 0 Å². The van der Waals surface area contributed by atoms with Crippen molar-refractivity contribution >= 4 is 10.0 Å². The van der Waals surface area contributed by atoms with Crippen LogP contribution in [0.1, 0.15) is 70.3 Å². The summed E-state index contributed by atoms with van der Waals surface area (Å²) in [5, 5.41) is 9.37. The van der Waals surface area contributed by atoms with E-state index in [4.69, 9.17) is 0 Å². The molecule has 0 aliphatic carbocycles. The minimum absolute atomic E-state index is 0.123. The van der Waals surface area contributed by atoms with Crippen molar-refractivity contribution in [2.75, 3.05) is 12.4 Å². The molecule has 25 heavy (non-hydrogen) atoms. The van der Waals surface area contributed by atoms with Gasteiger partial charge in [0.2, 0.25) is 10.0 Å². The molecule has 0 spiro atoms. The van der Waals surface area contributed by atoms with Crippen molar-refractivity contribution < 1.29 is 13.5 Å². The Balaban J connectivity index is 2.14. The van der Waals surface area contributed by atoms with Crippen molar-refractivity contribution in [2.24, 2.45) is 0 Å². The van der Waals surface area contributed by atoms with E-state index in [0.717, 1.165) is 51.4 Å². The Morgan fingerprint density at radius 2 is 1.64 bits per heavy atom. The van der Waals surface area contributed by atoms with Crippen molar-refractivity contribution in [3.8, 4) is 0 Å². The number of hydrogen-bond donors (Lipinski definition) is 2. The second kappa shape index (κ2) is 13.3. The summed E-state index contributed by atoms with van der Waals surface area (Å²) < 4.78 is 26.9. The van der Waals surface area contributed by atoms with E-state index in [1.165, 1.54) is 5.56 Å². The van der Waals surface area contributed by atoms with E-state index in [1.54, 1.807) is 0 Å². The first kappa shape index (κ1) is 22.1. The van der Waals surface area contributed by atoms with E-state index in [9.17, 15) is 13.5 Å². The van der Waals surface area contributed by atoms with Gasteiger partial charge in [0.05, 0.1) is 12.4 Å². The van der Waals surface area contributed by atoms with Crippen molar-refractivity contribution in [2.45, 2.75) is 77.2 Å². The number of benzene rings is 1. The van der Waals surface area contributed by atoms with E-state index in [0.29, 0.717) is 12.8 Å². The van der Waals surface area contributed by atoms with Crippen molar-refractivity contribution in [3.63, 3.8) is 0 Å². The van der Waals surface area contributed by atoms with E-state index in [2.05, 4.69) is 23.8 Å². The van der Waals surface area contributed by atoms with Gasteiger partial charge in [0.25, 0.3) is 0 Å². The largest absolute Gasteiger partial charge is 0.395 e. The molecule has 4 nitrogen and oxygen atoms in total. The molecule has 1 atom stereocenters. The quantitative estimate of drug-likeness (QED) is 0.459. The third kappa shape index (κ3) is 11.3. The Labute approximate surface area is 154 Å². The number of aliphatic hydroxyl groups is 1. The number of aliphatic hydroxyl groups excluding tert-OH is 1. The van der Waals surface area contributed by atoms with Crippen LogP contribution in [-0.4, -0.2) is 31.9 Å². The zero-order valence-corrected chi connectivity index (χ0v) is 16.4. The number of aryl methyl sites for hydroxylation is 1.